The topological polar surface area (TPSA) is 80.2 Å². The Labute approximate surface area is 245 Å². The molecular weight excluding hydrogens is 516 g/mol. The molecule has 40 heavy (non-hydrogen) atoms. The van der Waals surface area contributed by atoms with Crippen molar-refractivity contribution in [1.82, 2.24) is 10.2 Å². The molecule has 0 saturated heterocycles. The third-order valence-corrected chi connectivity index (χ3v) is 14.7. The van der Waals surface area contributed by atoms with E-state index in [2.05, 4.69) is 58.7 Å². The largest absolute Gasteiger partial charge is 0.393 e. The lowest BCUT2D eigenvalue weighted by Crippen LogP contribution is -2.65. The third-order valence-electron chi connectivity index (χ3n) is 13.8. The molecule has 0 unspecified atom stereocenters. The SMILES string of the molecule is Cc1nnc(CC(=O)[C@@]23CC[C@]4(C)[C@H](CC[C@@H]5[C@@]6(C)CC[C@H](O)C(C)(C)[C@@H]6CC[C@]54C)C2=C(C(C)C)C(=O)C3)s1. The second kappa shape index (κ2) is 9.05. The van der Waals surface area contributed by atoms with Crippen molar-refractivity contribution >= 4 is 22.9 Å². The molecule has 6 rings (SSSR count). The minimum atomic E-state index is -0.665. The summed E-state index contributed by atoms with van der Waals surface area (Å²) in [6.45, 7) is 18.5. The number of aryl methyl sites for hydroxylation is 1. The quantitative estimate of drug-likeness (QED) is 0.414. The second-order valence-corrected chi connectivity index (χ2v) is 17.2. The van der Waals surface area contributed by atoms with Crippen molar-refractivity contribution in [3.8, 4) is 0 Å². The van der Waals surface area contributed by atoms with Crippen LogP contribution in [0.3, 0.4) is 0 Å². The molecule has 0 bridgehead atoms. The zero-order valence-electron chi connectivity index (χ0n) is 26.0. The standard InChI is InChI=1S/C34H50N2O3S/c1-19(2)28-22(37)18-34(26(39)17-27-36-35-20(3)40-27)16-15-32(7)21(29(28)34)9-10-24-31(6)13-12-25(38)30(4,5)23(31)11-14-33(24,32)8/h19,21,23-25,38H,9-18H2,1-8H3/t21-,23+,24-,25+,31+,32-,33-,34+/m1/s1. The van der Waals surface area contributed by atoms with Gasteiger partial charge in [-0.1, -0.05) is 48.5 Å². The fraction of sp³-hybridized carbons (Fsp3) is 0.824. The van der Waals surface area contributed by atoms with E-state index in [1.54, 1.807) is 0 Å². The van der Waals surface area contributed by atoms with Gasteiger partial charge in [-0.25, -0.2) is 0 Å². The van der Waals surface area contributed by atoms with Gasteiger partial charge in [0.05, 0.1) is 17.9 Å². The molecule has 5 aliphatic carbocycles. The molecule has 220 valence electrons. The summed E-state index contributed by atoms with van der Waals surface area (Å²) >= 11 is 1.50. The highest BCUT2D eigenvalue weighted by atomic mass is 32.1. The molecule has 4 saturated carbocycles. The van der Waals surface area contributed by atoms with Crippen molar-refractivity contribution in [3.63, 3.8) is 0 Å². The predicted molar refractivity (Wildman–Crippen MR) is 159 cm³/mol. The maximum absolute atomic E-state index is 14.3. The zero-order valence-corrected chi connectivity index (χ0v) is 26.8. The first-order valence-electron chi connectivity index (χ1n) is 15.9. The Morgan fingerprint density at radius 2 is 1.68 bits per heavy atom. The van der Waals surface area contributed by atoms with E-state index >= 15 is 0 Å². The number of Topliss-reactive ketones (excluding diaryl/α,β-unsaturated/α-hetero) is 2. The Morgan fingerprint density at radius 3 is 2.33 bits per heavy atom. The molecule has 5 nitrogen and oxygen atoms in total. The van der Waals surface area contributed by atoms with Crippen molar-refractivity contribution in [2.45, 2.75) is 126 Å². The lowest BCUT2D eigenvalue weighted by atomic mass is 9.33. The summed E-state index contributed by atoms with van der Waals surface area (Å²) < 4.78 is 0. The number of hydrogen-bond acceptors (Lipinski definition) is 6. The molecule has 4 fully saturated rings. The molecular formula is C34H50N2O3S. The van der Waals surface area contributed by atoms with Gasteiger partial charge < -0.3 is 5.11 Å². The van der Waals surface area contributed by atoms with Gasteiger partial charge in [0.25, 0.3) is 0 Å². The first kappa shape index (κ1) is 28.7. The van der Waals surface area contributed by atoms with Gasteiger partial charge in [0.1, 0.15) is 15.8 Å². The summed E-state index contributed by atoms with van der Waals surface area (Å²) in [5.74, 6) is 1.92. The Bertz CT molecular complexity index is 1280. The van der Waals surface area contributed by atoms with Crippen LogP contribution in [0.15, 0.2) is 11.1 Å². The van der Waals surface area contributed by atoms with Gasteiger partial charge in [-0.3, -0.25) is 9.59 Å². The highest BCUT2D eigenvalue weighted by Gasteiger charge is 2.70. The lowest BCUT2D eigenvalue weighted by Gasteiger charge is -2.72. The van der Waals surface area contributed by atoms with Crippen molar-refractivity contribution in [2.24, 2.45) is 50.7 Å². The van der Waals surface area contributed by atoms with Crippen LogP contribution in [0.1, 0.15) is 116 Å². The van der Waals surface area contributed by atoms with Gasteiger partial charge >= 0.3 is 0 Å². The average molecular weight is 567 g/mol. The molecule has 0 amide bonds. The smallest absolute Gasteiger partial charge is 0.160 e. The number of fused-ring (bicyclic) bond motifs is 7. The van der Waals surface area contributed by atoms with E-state index in [-0.39, 0.29) is 57.6 Å². The van der Waals surface area contributed by atoms with Crippen LogP contribution in [0.5, 0.6) is 0 Å². The number of aromatic nitrogens is 2. The maximum atomic E-state index is 14.3. The summed E-state index contributed by atoms with van der Waals surface area (Å²) in [4.78, 5) is 28.1. The number of aliphatic hydroxyl groups is 1. The van der Waals surface area contributed by atoms with E-state index in [0.29, 0.717) is 18.3 Å². The summed E-state index contributed by atoms with van der Waals surface area (Å²) in [7, 11) is 0. The molecule has 8 atom stereocenters. The first-order chi connectivity index (χ1) is 18.6. The Balaban J connectivity index is 1.42. The van der Waals surface area contributed by atoms with Crippen LogP contribution in [0, 0.1) is 57.7 Å². The molecule has 0 aliphatic heterocycles. The number of rotatable bonds is 4. The zero-order chi connectivity index (χ0) is 29.0. The molecule has 5 aliphatic rings. The lowest BCUT2D eigenvalue weighted by molar-refractivity contribution is -0.228. The van der Waals surface area contributed by atoms with Gasteiger partial charge in [-0.05, 0) is 115 Å². The monoisotopic (exact) mass is 566 g/mol. The summed E-state index contributed by atoms with van der Waals surface area (Å²) in [6.07, 6.45) is 8.74. The summed E-state index contributed by atoms with van der Waals surface area (Å²) in [5.41, 5.74) is 1.89. The molecule has 0 spiro atoms. The fourth-order valence-electron chi connectivity index (χ4n) is 11.7. The fourth-order valence-corrected chi connectivity index (χ4v) is 12.4. The molecule has 0 radical (unpaired) electrons. The van der Waals surface area contributed by atoms with E-state index in [9.17, 15) is 14.7 Å². The number of allylic oxidation sites excluding steroid dienone is 2. The third kappa shape index (κ3) is 3.59. The second-order valence-electron chi connectivity index (χ2n) is 16.0. The van der Waals surface area contributed by atoms with Gasteiger partial charge in [-0.15, -0.1) is 21.5 Å². The van der Waals surface area contributed by atoms with Gasteiger partial charge in [0.2, 0.25) is 0 Å². The van der Waals surface area contributed by atoms with Gasteiger partial charge in [0.15, 0.2) is 5.78 Å². The van der Waals surface area contributed by atoms with Crippen LogP contribution in [0.2, 0.25) is 0 Å². The average Bonchev–Trinajstić information content (AvgIpc) is 3.42. The molecule has 1 heterocycles. The summed E-state index contributed by atoms with van der Waals surface area (Å²) in [5, 5.41) is 21.1. The Hall–Kier alpha value is -1.40. The van der Waals surface area contributed by atoms with Crippen LogP contribution >= 0.6 is 11.3 Å². The number of nitrogens with zero attached hydrogens (tertiary/aromatic N) is 2. The van der Waals surface area contributed by atoms with Crippen LogP contribution in [0.25, 0.3) is 0 Å². The molecule has 1 aromatic rings. The maximum Gasteiger partial charge on any atom is 0.160 e. The van der Waals surface area contributed by atoms with Crippen molar-refractivity contribution in [1.29, 1.82) is 0 Å². The van der Waals surface area contributed by atoms with Crippen LogP contribution < -0.4 is 0 Å². The normalized spacial score (nSPS) is 44.2. The molecule has 6 heteroatoms. The van der Waals surface area contributed by atoms with Crippen molar-refractivity contribution in [3.05, 3.63) is 21.2 Å². The number of carbonyl (C=O) groups is 2. The molecule has 1 aromatic heterocycles. The van der Waals surface area contributed by atoms with E-state index < -0.39 is 5.41 Å². The van der Waals surface area contributed by atoms with E-state index in [1.165, 1.54) is 23.3 Å². The number of ketones is 2. The highest BCUT2D eigenvalue weighted by molar-refractivity contribution is 7.11. The molecule has 1 N–H and O–H groups in total. The van der Waals surface area contributed by atoms with Crippen LogP contribution in [0.4, 0.5) is 0 Å². The van der Waals surface area contributed by atoms with Crippen LogP contribution in [-0.4, -0.2) is 33.0 Å². The van der Waals surface area contributed by atoms with Crippen molar-refractivity contribution < 1.29 is 14.7 Å². The summed E-state index contributed by atoms with van der Waals surface area (Å²) in [6, 6.07) is 0. The highest BCUT2D eigenvalue weighted by Crippen LogP contribution is 2.76. The molecule has 0 aromatic carbocycles. The van der Waals surface area contributed by atoms with E-state index in [4.69, 9.17) is 0 Å². The first-order valence-corrected chi connectivity index (χ1v) is 16.7. The van der Waals surface area contributed by atoms with Crippen molar-refractivity contribution in [2.75, 3.05) is 0 Å². The van der Waals surface area contributed by atoms with E-state index in [0.717, 1.165) is 60.5 Å². The minimum Gasteiger partial charge on any atom is -0.393 e. The van der Waals surface area contributed by atoms with Crippen LogP contribution in [-0.2, 0) is 16.0 Å². The van der Waals surface area contributed by atoms with Gasteiger partial charge in [-0.2, -0.15) is 0 Å². The Morgan fingerprint density at radius 1 is 0.950 bits per heavy atom. The number of hydrogen-bond donors (Lipinski definition) is 1. The van der Waals surface area contributed by atoms with E-state index in [1.807, 2.05) is 6.92 Å². The number of carbonyl (C=O) groups excluding carboxylic acids is 2. The Kier molecular flexibility index (Phi) is 6.50. The minimum absolute atomic E-state index is 0.0489. The van der Waals surface area contributed by atoms with Gasteiger partial charge in [0, 0.05) is 6.42 Å². The number of aliphatic hydroxyl groups excluding tert-OH is 1. The predicted octanol–water partition coefficient (Wildman–Crippen LogP) is 7.30.